The predicted octanol–water partition coefficient (Wildman–Crippen LogP) is 4.34. The average Bonchev–Trinajstić information content (AvgIpc) is 3.35. The van der Waals surface area contributed by atoms with Gasteiger partial charge in [0.15, 0.2) is 11.5 Å². The fraction of sp³-hybridized carbons (Fsp3) is 0.286. The highest BCUT2D eigenvalue weighted by Crippen LogP contribution is 2.35. The van der Waals surface area contributed by atoms with Crippen LogP contribution in [-0.2, 0) is 13.2 Å². The Morgan fingerprint density at radius 3 is 2.72 bits per heavy atom. The van der Waals surface area contributed by atoms with Crippen LogP contribution in [0.25, 0.3) is 11.5 Å². The number of nitrogens with zero attached hydrogens (tertiary/aromatic N) is 4. The summed E-state index contributed by atoms with van der Waals surface area (Å²) >= 11 is 5.39. The first-order valence-corrected chi connectivity index (χ1v) is 9.76. The Bertz CT molecular complexity index is 1100. The number of aromatic nitrogens is 2. The van der Waals surface area contributed by atoms with Crippen LogP contribution in [0.2, 0.25) is 0 Å². The zero-order chi connectivity index (χ0) is 20.2. The standard InChI is InChI=1S/C21H20N4O3S/c1-2-9-24(12-16-5-3-15(11-22)4-6-16)13-25-21(29)28-20(23-25)17-7-8-18-19(10-17)27-14-26-18/h3-8,10H,2,9,12-14H2,1H3. The van der Waals surface area contributed by atoms with Gasteiger partial charge in [-0.25, -0.2) is 4.68 Å². The molecule has 0 radical (unpaired) electrons. The van der Waals surface area contributed by atoms with Crippen molar-refractivity contribution < 1.29 is 13.9 Å². The smallest absolute Gasteiger partial charge is 0.288 e. The monoisotopic (exact) mass is 408 g/mol. The average molecular weight is 408 g/mol. The Hall–Kier alpha value is -3.15. The maximum atomic E-state index is 8.96. The largest absolute Gasteiger partial charge is 0.454 e. The molecular formula is C21H20N4O3S. The number of nitriles is 1. The predicted molar refractivity (Wildman–Crippen MR) is 109 cm³/mol. The molecule has 0 fully saturated rings. The molecule has 1 aliphatic heterocycles. The summed E-state index contributed by atoms with van der Waals surface area (Å²) in [6.07, 6.45) is 0.996. The van der Waals surface area contributed by atoms with E-state index in [2.05, 4.69) is 23.0 Å². The van der Waals surface area contributed by atoms with Gasteiger partial charge in [-0.15, -0.1) is 5.10 Å². The summed E-state index contributed by atoms with van der Waals surface area (Å²) in [6.45, 7) is 4.48. The lowest BCUT2D eigenvalue weighted by molar-refractivity contribution is 0.174. The summed E-state index contributed by atoms with van der Waals surface area (Å²) in [5.41, 5.74) is 2.57. The molecule has 0 N–H and O–H groups in total. The van der Waals surface area contributed by atoms with Crippen LogP contribution in [0.1, 0.15) is 24.5 Å². The van der Waals surface area contributed by atoms with E-state index in [0.29, 0.717) is 34.5 Å². The molecule has 0 saturated carbocycles. The highest BCUT2D eigenvalue weighted by atomic mass is 32.1. The van der Waals surface area contributed by atoms with Crippen molar-refractivity contribution in [1.29, 1.82) is 5.26 Å². The molecule has 0 unspecified atom stereocenters. The fourth-order valence-electron chi connectivity index (χ4n) is 3.19. The van der Waals surface area contributed by atoms with Crippen LogP contribution in [0.15, 0.2) is 46.9 Å². The zero-order valence-corrected chi connectivity index (χ0v) is 16.8. The molecule has 8 heteroatoms. The van der Waals surface area contributed by atoms with Gasteiger partial charge in [-0.3, -0.25) is 4.90 Å². The molecule has 0 spiro atoms. The Morgan fingerprint density at radius 2 is 1.97 bits per heavy atom. The van der Waals surface area contributed by atoms with Crippen molar-refractivity contribution in [2.24, 2.45) is 0 Å². The molecular weight excluding hydrogens is 388 g/mol. The van der Waals surface area contributed by atoms with Gasteiger partial charge < -0.3 is 13.9 Å². The topological polar surface area (TPSA) is 76.5 Å². The van der Waals surface area contributed by atoms with Gasteiger partial charge in [-0.2, -0.15) is 5.26 Å². The third-order valence-electron chi connectivity index (χ3n) is 4.59. The van der Waals surface area contributed by atoms with Crippen molar-refractivity contribution in [1.82, 2.24) is 14.7 Å². The number of hydrogen-bond acceptors (Lipinski definition) is 7. The highest BCUT2D eigenvalue weighted by Gasteiger charge is 2.17. The molecule has 2 aromatic carbocycles. The van der Waals surface area contributed by atoms with Gasteiger partial charge in [0.25, 0.3) is 4.84 Å². The van der Waals surface area contributed by atoms with E-state index in [1.165, 1.54) is 0 Å². The summed E-state index contributed by atoms with van der Waals surface area (Å²) in [4.78, 5) is 2.56. The quantitative estimate of drug-likeness (QED) is 0.538. The summed E-state index contributed by atoms with van der Waals surface area (Å²) in [5.74, 6) is 1.83. The first-order chi connectivity index (χ1) is 14.2. The minimum atomic E-state index is 0.220. The molecule has 0 bridgehead atoms. The summed E-state index contributed by atoms with van der Waals surface area (Å²) in [6, 6.07) is 15.3. The van der Waals surface area contributed by atoms with Crippen molar-refractivity contribution in [2.45, 2.75) is 26.6 Å². The van der Waals surface area contributed by atoms with E-state index < -0.39 is 0 Å². The van der Waals surface area contributed by atoms with Crippen LogP contribution in [-0.4, -0.2) is 28.0 Å². The Labute approximate surface area is 173 Å². The number of fused-ring (bicyclic) bond motifs is 1. The molecule has 7 nitrogen and oxygen atoms in total. The van der Waals surface area contributed by atoms with Crippen molar-refractivity contribution in [3.63, 3.8) is 0 Å². The first kappa shape index (κ1) is 19.2. The first-order valence-electron chi connectivity index (χ1n) is 9.35. The second-order valence-electron chi connectivity index (χ2n) is 6.74. The second-order valence-corrected chi connectivity index (χ2v) is 7.09. The second kappa shape index (κ2) is 8.47. The minimum Gasteiger partial charge on any atom is -0.454 e. The lowest BCUT2D eigenvalue weighted by Gasteiger charge is -2.21. The van der Waals surface area contributed by atoms with E-state index in [-0.39, 0.29) is 6.79 Å². The van der Waals surface area contributed by atoms with Crippen LogP contribution in [0.5, 0.6) is 11.5 Å². The number of benzene rings is 2. The molecule has 0 saturated heterocycles. The SMILES string of the molecule is CCCN(Cc1ccc(C#N)cc1)Cn1nc(-c2ccc3c(c2)OCO3)oc1=S. The molecule has 148 valence electrons. The molecule has 4 rings (SSSR count). The minimum absolute atomic E-state index is 0.220. The van der Waals surface area contributed by atoms with E-state index in [0.717, 1.165) is 30.6 Å². The van der Waals surface area contributed by atoms with Gasteiger partial charge >= 0.3 is 0 Å². The molecule has 29 heavy (non-hydrogen) atoms. The van der Waals surface area contributed by atoms with Gasteiger partial charge in [0.1, 0.15) is 0 Å². The van der Waals surface area contributed by atoms with Gasteiger partial charge in [-0.1, -0.05) is 19.1 Å². The van der Waals surface area contributed by atoms with Crippen molar-refractivity contribution >= 4 is 12.2 Å². The molecule has 3 aromatic rings. The molecule has 0 aliphatic carbocycles. The molecule has 0 amide bonds. The normalized spacial score (nSPS) is 12.3. The van der Waals surface area contributed by atoms with Gasteiger partial charge in [0.2, 0.25) is 12.7 Å². The van der Waals surface area contributed by atoms with E-state index in [9.17, 15) is 0 Å². The lowest BCUT2D eigenvalue weighted by atomic mass is 10.1. The number of hydrogen-bond donors (Lipinski definition) is 0. The van der Waals surface area contributed by atoms with Crippen molar-refractivity contribution in [2.75, 3.05) is 13.3 Å². The van der Waals surface area contributed by atoms with Crippen LogP contribution >= 0.6 is 12.2 Å². The molecule has 1 aromatic heterocycles. The van der Waals surface area contributed by atoms with Crippen molar-refractivity contribution in [3.05, 3.63) is 58.4 Å². The zero-order valence-electron chi connectivity index (χ0n) is 16.0. The van der Waals surface area contributed by atoms with E-state index in [4.69, 9.17) is 31.4 Å². The maximum absolute atomic E-state index is 8.96. The number of ether oxygens (including phenoxy) is 2. The molecule has 2 heterocycles. The molecule has 1 aliphatic rings. The summed E-state index contributed by atoms with van der Waals surface area (Å²) in [5, 5.41) is 13.5. The number of rotatable bonds is 7. The highest BCUT2D eigenvalue weighted by molar-refractivity contribution is 7.71. The fourth-order valence-corrected chi connectivity index (χ4v) is 3.37. The third kappa shape index (κ3) is 4.31. The Morgan fingerprint density at radius 1 is 1.17 bits per heavy atom. The van der Waals surface area contributed by atoms with Crippen molar-refractivity contribution in [3.8, 4) is 29.0 Å². The van der Waals surface area contributed by atoms with Crippen LogP contribution in [0.4, 0.5) is 0 Å². The Balaban J connectivity index is 1.52. The van der Waals surface area contributed by atoms with E-state index >= 15 is 0 Å². The third-order valence-corrected chi connectivity index (χ3v) is 4.88. The van der Waals surface area contributed by atoms with E-state index in [1.807, 2.05) is 42.5 Å². The summed E-state index contributed by atoms with van der Waals surface area (Å²) in [7, 11) is 0. The van der Waals surface area contributed by atoms with Crippen LogP contribution in [0.3, 0.4) is 0 Å². The summed E-state index contributed by atoms with van der Waals surface area (Å²) < 4.78 is 18.2. The van der Waals surface area contributed by atoms with Gasteiger partial charge in [0, 0.05) is 12.1 Å². The van der Waals surface area contributed by atoms with Gasteiger partial charge in [0.05, 0.1) is 18.3 Å². The molecule has 0 atom stereocenters. The van der Waals surface area contributed by atoms with Crippen LogP contribution in [0, 0.1) is 16.2 Å². The van der Waals surface area contributed by atoms with Crippen LogP contribution < -0.4 is 9.47 Å². The van der Waals surface area contributed by atoms with Gasteiger partial charge in [-0.05, 0) is 61.1 Å². The lowest BCUT2D eigenvalue weighted by Crippen LogP contribution is -2.27. The van der Waals surface area contributed by atoms with E-state index in [1.54, 1.807) is 4.68 Å². The maximum Gasteiger partial charge on any atom is 0.288 e. The Kier molecular flexibility index (Phi) is 5.60.